The molecule has 0 aromatic heterocycles. The number of amidine groups is 1. The minimum absolute atomic E-state index is 0.628. The first-order valence-electron chi connectivity index (χ1n) is 4.55. The average molecular weight is 172 g/mol. The predicted molar refractivity (Wildman–Crippen MR) is 52.8 cm³/mol. The van der Waals surface area contributed by atoms with E-state index >= 15 is 0 Å². The molecule has 4 nitrogen and oxygen atoms in total. The molecular weight excluding hydrogens is 152 g/mol. The number of nitrogens with two attached hydrogens (primary N) is 1. The van der Waals surface area contributed by atoms with Crippen LogP contribution in [0.5, 0.6) is 0 Å². The Morgan fingerprint density at radius 2 is 2.17 bits per heavy atom. The highest BCUT2D eigenvalue weighted by Crippen LogP contribution is 1.95. The first-order valence-corrected chi connectivity index (χ1v) is 4.55. The van der Waals surface area contributed by atoms with E-state index in [0.717, 1.165) is 26.2 Å². The number of nitrogens with zero attached hydrogens (tertiary/aromatic N) is 2. The Morgan fingerprint density at radius 3 is 2.58 bits per heavy atom. The van der Waals surface area contributed by atoms with Crippen molar-refractivity contribution in [3.63, 3.8) is 0 Å². The van der Waals surface area contributed by atoms with Crippen molar-refractivity contribution in [2.75, 3.05) is 19.8 Å². The van der Waals surface area contributed by atoms with Gasteiger partial charge in [0.15, 0.2) is 0 Å². The minimum atomic E-state index is 0.628. The second-order valence-corrected chi connectivity index (χ2v) is 2.48. The van der Waals surface area contributed by atoms with Crippen molar-refractivity contribution in [1.29, 1.82) is 0 Å². The van der Waals surface area contributed by atoms with E-state index in [2.05, 4.69) is 10.4 Å². The van der Waals surface area contributed by atoms with Crippen molar-refractivity contribution in [2.45, 2.75) is 27.2 Å². The summed E-state index contributed by atoms with van der Waals surface area (Å²) in [6.07, 6.45) is 1.15. The maximum atomic E-state index is 5.40. The summed E-state index contributed by atoms with van der Waals surface area (Å²) >= 11 is 0. The molecule has 1 rings (SSSR count). The Labute approximate surface area is 74.8 Å². The average Bonchev–Trinajstić information content (AvgIpc) is 2.08. The Hall–Kier alpha value is -0.770. The molecule has 1 aliphatic rings. The van der Waals surface area contributed by atoms with Crippen LogP contribution in [0, 0.1) is 0 Å². The number of hydrogen-bond acceptors (Lipinski definition) is 3. The molecule has 1 heterocycles. The minimum Gasteiger partial charge on any atom is -0.386 e. The molecule has 1 saturated heterocycles. The third-order valence-corrected chi connectivity index (χ3v) is 1.36. The first-order chi connectivity index (χ1) is 5.79. The first kappa shape index (κ1) is 11.2. The van der Waals surface area contributed by atoms with Crippen molar-refractivity contribution in [3.8, 4) is 0 Å². The van der Waals surface area contributed by atoms with Gasteiger partial charge in [-0.2, -0.15) is 5.10 Å². The van der Waals surface area contributed by atoms with Crippen molar-refractivity contribution >= 4 is 5.84 Å². The zero-order valence-corrected chi connectivity index (χ0v) is 8.30. The maximum absolute atomic E-state index is 5.40. The van der Waals surface area contributed by atoms with Crippen LogP contribution in [-0.2, 0) is 0 Å². The highest BCUT2D eigenvalue weighted by atomic mass is 15.5. The molecule has 72 valence electrons. The third kappa shape index (κ3) is 4.96. The van der Waals surface area contributed by atoms with Gasteiger partial charge in [0, 0.05) is 6.54 Å². The normalized spacial score (nSPS) is 18.2. The molecule has 0 amide bonds. The monoisotopic (exact) mass is 172 g/mol. The van der Waals surface area contributed by atoms with Crippen molar-refractivity contribution < 1.29 is 0 Å². The Bertz CT molecular complexity index is 123. The summed E-state index contributed by atoms with van der Waals surface area (Å²) in [4.78, 5) is 0. The molecule has 0 aliphatic carbocycles. The molecule has 0 radical (unpaired) electrons. The van der Waals surface area contributed by atoms with Crippen LogP contribution in [0.15, 0.2) is 5.10 Å². The molecule has 0 saturated carbocycles. The Kier molecular flexibility index (Phi) is 6.47. The Balaban J connectivity index is 0.000000561. The van der Waals surface area contributed by atoms with Crippen LogP contribution >= 0.6 is 0 Å². The van der Waals surface area contributed by atoms with Crippen LogP contribution in [0.25, 0.3) is 0 Å². The molecule has 3 N–H and O–H groups in total. The maximum Gasteiger partial charge on any atom is 0.116 e. The van der Waals surface area contributed by atoms with Gasteiger partial charge in [-0.1, -0.05) is 13.8 Å². The molecule has 1 aliphatic heterocycles. The lowest BCUT2D eigenvalue weighted by Gasteiger charge is -2.24. The predicted octanol–water partition coefficient (Wildman–Crippen LogP) is 0.557. The van der Waals surface area contributed by atoms with E-state index in [0.29, 0.717) is 5.84 Å². The fourth-order valence-corrected chi connectivity index (χ4v) is 0.982. The van der Waals surface area contributed by atoms with Gasteiger partial charge < -0.3 is 5.73 Å². The zero-order chi connectivity index (χ0) is 9.40. The third-order valence-electron chi connectivity index (χ3n) is 1.36. The summed E-state index contributed by atoms with van der Waals surface area (Å²) in [6.45, 7) is 8.74. The molecule has 0 spiro atoms. The van der Waals surface area contributed by atoms with Crippen LogP contribution in [0.3, 0.4) is 0 Å². The summed E-state index contributed by atoms with van der Waals surface area (Å²) in [5.74, 6) is 0.628. The summed E-state index contributed by atoms with van der Waals surface area (Å²) < 4.78 is 0. The molecule has 0 unspecified atom stereocenters. The number of hydrogen-bond donors (Lipinski definition) is 2. The van der Waals surface area contributed by atoms with Crippen LogP contribution in [0.2, 0.25) is 0 Å². The molecule has 12 heavy (non-hydrogen) atoms. The molecule has 0 bridgehead atoms. The Morgan fingerprint density at radius 1 is 1.50 bits per heavy atom. The quantitative estimate of drug-likeness (QED) is 0.449. The van der Waals surface area contributed by atoms with E-state index in [1.807, 2.05) is 18.9 Å². The van der Waals surface area contributed by atoms with Gasteiger partial charge in [-0.15, -0.1) is 0 Å². The number of nitrogens with one attached hydrogen (secondary N) is 1. The van der Waals surface area contributed by atoms with Gasteiger partial charge in [0.2, 0.25) is 0 Å². The number of hydrazone groups is 1. The molecule has 0 aromatic carbocycles. The van der Waals surface area contributed by atoms with Gasteiger partial charge in [-0.25, -0.2) is 0 Å². The highest BCUT2D eigenvalue weighted by molar-refractivity contribution is 5.77. The van der Waals surface area contributed by atoms with Gasteiger partial charge >= 0.3 is 0 Å². The lowest BCUT2D eigenvalue weighted by Crippen LogP contribution is -2.39. The van der Waals surface area contributed by atoms with E-state index in [4.69, 9.17) is 5.73 Å². The van der Waals surface area contributed by atoms with E-state index in [1.54, 1.807) is 6.92 Å². The van der Waals surface area contributed by atoms with Crippen LogP contribution in [0.1, 0.15) is 27.2 Å². The molecule has 1 fully saturated rings. The summed E-state index contributed by atoms with van der Waals surface area (Å²) in [5, 5.41) is 9.25. The topological polar surface area (TPSA) is 53.6 Å². The molecule has 4 heteroatoms. The fourth-order valence-electron chi connectivity index (χ4n) is 0.982. The molecule has 0 atom stereocenters. The highest BCUT2D eigenvalue weighted by Gasteiger charge is 2.04. The SMILES string of the molecule is C/C(N)=N/N1CCCNC1.CC. The van der Waals surface area contributed by atoms with Gasteiger partial charge in [-0.05, 0) is 19.9 Å². The fraction of sp³-hybridized carbons (Fsp3) is 0.875. The van der Waals surface area contributed by atoms with Crippen LogP contribution in [-0.4, -0.2) is 30.6 Å². The molecule has 0 aromatic rings. The standard InChI is InChI=1S/C6H14N4.C2H6/c1-6(7)9-10-4-2-3-8-5-10;1-2/h8H,2-5H2,1H3,(H2,7,9);1-2H3. The lowest BCUT2D eigenvalue weighted by atomic mass is 10.4. The zero-order valence-electron chi connectivity index (χ0n) is 8.30. The summed E-state index contributed by atoms with van der Waals surface area (Å²) in [5.41, 5.74) is 5.40. The van der Waals surface area contributed by atoms with Crippen molar-refractivity contribution in [1.82, 2.24) is 10.3 Å². The lowest BCUT2D eigenvalue weighted by molar-refractivity contribution is 0.225. The van der Waals surface area contributed by atoms with Gasteiger partial charge in [-0.3, -0.25) is 10.3 Å². The second-order valence-electron chi connectivity index (χ2n) is 2.48. The van der Waals surface area contributed by atoms with Crippen molar-refractivity contribution in [2.24, 2.45) is 10.8 Å². The van der Waals surface area contributed by atoms with Gasteiger partial charge in [0.25, 0.3) is 0 Å². The van der Waals surface area contributed by atoms with Crippen LogP contribution in [0.4, 0.5) is 0 Å². The van der Waals surface area contributed by atoms with E-state index < -0.39 is 0 Å². The largest absolute Gasteiger partial charge is 0.386 e. The van der Waals surface area contributed by atoms with E-state index in [-0.39, 0.29) is 0 Å². The number of rotatable bonds is 1. The van der Waals surface area contributed by atoms with E-state index in [1.165, 1.54) is 0 Å². The smallest absolute Gasteiger partial charge is 0.116 e. The van der Waals surface area contributed by atoms with Crippen LogP contribution < -0.4 is 11.1 Å². The van der Waals surface area contributed by atoms with Gasteiger partial charge in [0.05, 0.1) is 6.67 Å². The van der Waals surface area contributed by atoms with Gasteiger partial charge in [0.1, 0.15) is 5.84 Å². The molecular formula is C8H20N4. The van der Waals surface area contributed by atoms with Crippen molar-refractivity contribution in [3.05, 3.63) is 0 Å². The second kappa shape index (κ2) is 6.91. The van der Waals surface area contributed by atoms with E-state index in [9.17, 15) is 0 Å². The summed E-state index contributed by atoms with van der Waals surface area (Å²) in [7, 11) is 0. The summed E-state index contributed by atoms with van der Waals surface area (Å²) in [6, 6.07) is 0.